The molecule has 0 bridgehead atoms. The third kappa shape index (κ3) is 4.21. The lowest BCUT2D eigenvalue weighted by molar-refractivity contribution is -0.0325. The monoisotopic (exact) mass is 421 g/mol. The number of unbranched alkanes of at least 4 members (excludes halogenated alkanes) is 2. The molecule has 164 valence electrons. The molecule has 11 heteroatoms. The van der Waals surface area contributed by atoms with Crippen LogP contribution in [0.4, 0.5) is 0 Å². The number of rotatable bonds is 8. The maximum atomic E-state index is 12.3. The predicted octanol–water partition coefficient (Wildman–Crippen LogP) is 0.477. The molecule has 30 heavy (non-hydrogen) atoms. The van der Waals surface area contributed by atoms with Crippen molar-refractivity contribution in [3.8, 4) is 0 Å². The summed E-state index contributed by atoms with van der Waals surface area (Å²) in [5.74, 6) is -0.573. The van der Waals surface area contributed by atoms with Crippen LogP contribution in [0.2, 0.25) is 0 Å². The van der Waals surface area contributed by atoms with E-state index in [-0.39, 0.29) is 12.3 Å². The molecule has 2 aromatic rings. The summed E-state index contributed by atoms with van der Waals surface area (Å²) in [5.41, 5.74) is 0.0849. The van der Waals surface area contributed by atoms with Crippen molar-refractivity contribution in [1.29, 1.82) is 0 Å². The van der Waals surface area contributed by atoms with Gasteiger partial charge in [-0.3, -0.25) is 14.3 Å². The molecule has 1 aliphatic heterocycles. The Hall–Kier alpha value is -2.79. The van der Waals surface area contributed by atoms with Crippen molar-refractivity contribution in [1.82, 2.24) is 24.5 Å². The van der Waals surface area contributed by atoms with Gasteiger partial charge in [0, 0.05) is 18.2 Å². The zero-order valence-corrected chi connectivity index (χ0v) is 17.3. The molecule has 3 rings (SSSR count). The van der Waals surface area contributed by atoms with Gasteiger partial charge >= 0.3 is 11.7 Å². The van der Waals surface area contributed by atoms with Crippen LogP contribution in [0.3, 0.4) is 0 Å². The van der Waals surface area contributed by atoms with E-state index in [4.69, 9.17) is 9.47 Å². The van der Waals surface area contributed by atoms with Gasteiger partial charge in [0.25, 0.3) is 5.56 Å². The first kappa shape index (κ1) is 21.9. The SMILES string of the molecule is CCCCCc1c(C(=O)OC)nnn1[C@H]1C[C@H](n2cc(C)c(=O)[nH]c2=O)O[C@@H]1CO. The molecule has 2 aromatic heterocycles. The first-order valence-corrected chi connectivity index (χ1v) is 10.0. The Morgan fingerprint density at radius 1 is 1.40 bits per heavy atom. The summed E-state index contributed by atoms with van der Waals surface area (Å²) in [6, 6.07) is -0.443. The van der Waals surface area contributed by atoms with Gasteiger partial charge < -0.3 is 14.6 Å². The van der Waals surface area contributed by atoms with Crippen LogP contribution in [0, 0.1) is 6.92 Å². The minimum absolute atomic E-state index is 0.144. The van der Waals surface area contributed by atoms with Gasteiger partial charge in [-0.05, 0) is 19.8 Å². The zero-order valence-electron chi connectivity index (χ0n) is 17.3. The first-order chi connectivity index (χ1) is 14.4. The first-order valence-electron chi connectivity index (χ1n) is 10.0. The molecule has 11 nitrogen and oxygen atoms in total. The molecule has 0 radical (unpaired) electrons. The number of ether oxygens (including phenoxy) is 2. The third-order valence-corrected chi connectivity index (χ3v) is 5.34. The number of H-pyrrole nitrogens is 1. The fraction of sp³-hybridized carbons (Fsp3) is 0.632. The van der Waals surface area contributed by atoms with E-state index in [9.17, 15) is 19.5 Å². The highest BCUT2D eigenvalue weighted by atomic mass is 16.5. The topological polar surface area (TPSA) is 141 Å². The maximum Gasteiger partial charge on any atom is 0.360 e. The third-order valence-electron chi connectivity index (χ3n) is 5.34. The van der Waals surface area contributed by atoms with Crippen molar-refractivity contribution in [2.45, 2.75) is 64.3 Å². The molecule has 0 aromatic carbocycles. The molecule has 1 saturated heterocycles. The highest BCUT2D eigenvalue weighted by Crippen LogP contribution is 2.37. The minimum Gasteiger partial charge on any atom is -0.464 e. The standard InChI is InChI=1S/C19H27N5O6/c1-4-5-6-7-12-16(18(27)29-3)21-22-24(12)13-8-15(30-14(13)10-25)23-9-11(2)17(26)20-19(23)28/h9,13-15,25H,4-8,10H2,1-3H3,(H,20,26,28)/t13-,14+,15+/m0/s1. The molecule has 0 aliphatic carbocycles. The molecular formula is C19H27N5O6. The van der Waals surface area contributed by atoms with Gasteiger partial charge in [-0.25, -0.2) is 14.3 Å². The Kier molecular flexibility index (Phi) is 6.83. The summed E-state index contributed by atoms with van der Waals surface area (Å²) < 4.78 is 13.6. The Labute approximate surface area is 172 Å². The molecule has 3 heterocycles. The van der Waals surface area contributed by atoms with Gasteiger partial charge in [0.05, 0.1) is 25.5 Å². The number of hydrogen-bond acceptors (Lipinski definition) is 8. The molecule has 0 unspecified atom stereocenters. The molecular weight excluding hydrogens is 394 g/mol. The number of esters is 1. The van der Waals surface area contributed by atoms with Crippen LogP contribution >= 0.6 is 0 Å². The van der Waals surface area contributed by atoms with Crippen LogP contribution in [0.25, 0.3) is 0 Å². The Balaban J connectivity index is 1.95. The van der Waals surface area contributed by atoms with Crippen LogP contribution in [-0.4, -0.2) is 55.4 Å². The van der Waals surface area contributed by atoms with Crippen molar-refractivity contribution in [3.63, 3.8) is 0 Å². The number of aromatic nitrogens is 5. The molecule has 0 saturated carbocycles. The van der Waals surface area contributed by atoms with E-state index in [1.807, 2.05) is 0 Å². The number of methoxy groups -OCH3 is 1. The number of aromatic amines is 1. The van der Waals surface area contributed by atoms with Gasteiger partial charge in [-0.1, -0.05) is 25.0 Å². The fourth-order valence-electron chi connectivity index (χ4n) is 3.72. The second kappa shape index (κ2) is 9.35. The van der Waals surface area contributed by atoms with E-state index in [0.29, 0.717) is 24.1 Å². The van der Waals surface area contributed by atoms with Gasteiger partial charge in [0.15, 0.2) is 5.69 Å². The Morgan fingerprint density at radius 2 is 2.17 bits per heavy atom. The van der Waals surface area contributed by atoms with Gasteiger partial charge in [0.1, 0.15) is 12.3 Å². The molecule has 1 fully saturated rings. The van der Waals surface area contributed by atoms with Crippen molar-refractivity contribution in [2.24, 2.45) is 0 Å². The van der Waals surface area contributed by atoms with Crippen molar-refractivity contribution in [2.75, 3.05) is 13.7 Å². The molecule has 1 aliphatic rings. The second-order valence-electron chi connectivity index (χ2n) is 7.37. The highest BCUT2D eigenvalue weighted by molar-refractivity contribution is 5.88. The minimum atomic E-state index is -0.704. The summed E-state index contributed by atoms with van der Waals surface area (Å²) >= 11 is 0. The highest BCUT2D eigenvalue weighted by Gasteiger charge is 2.40. The number of carbonyl (C=O) groups is 1. The molecule has 2 N–H and O–H groups in total. The van der Waals surface area contributed by atoms with Crippen molar-refractivity contribution >= 4 is 5.97 Å². The summed E-state index contributed by atoms with van der Waals surface area (Å²) in [6.45, 7) is 3.37. The zero-order chi connectivity index (χ0) is 21.8. The number of aliphatic hydroxyl groups is 1. The number of aryl methyl sites for hydroxylation is 1. The van der Waals surface area contributed by atoms with E-state index in [1.165, 1.54) is 17.9 Å². The Morgan fingerprint density at radius 3 is 2.83 bits per heavy atom. The van der Waals surface area contributed by atoms with E-state index >= 15 is 0 Å². The summed E-state index contributed by atoms with van der Waals surface area (Å²) in [6.07, 6.45) is 3.78. The van der Waals surface area contributed by atoms with Crippen LogP contribution in [0.5, 0.6) is 0 Å². The molecule has 0 amide bonds. The lowest BCUT2D eigenvalue weighted by Crippen LogP contribution is -2.33. The average Bonchev–Trinajstić information content (AvgIpc) is 3.34. The normalized spacial score (nSPS) is 21.1. The van der Waals surface area contributed by atoms with E-state index in [0.717, 1.165) is 19.3 Å². The molecule has 3 atom stereocenters. The largest absolute Gasteiger partial charge is 0.464 e. The molecule has 0 spiro atoms. The number of hydrogen-bond donors (Lipinski definition) is 2. The summed E-state index contributed by atoms with van der Waals surface area (Å²) in [4.78, 5) is 38.3. The summed E-state index contributed by atoms with van der Waals surface area (Å²) in [5, 5.41) is 18.0. The smallest absolute Gasteiger partial charge is 0.360 e. The van der Waals surface area contributed by atoms with Gasteiger partial charge in [-0.15, -0.1) is 5.10 Å². The number of carbonyl (C=O) groups excluding carboxylic acids is 1. The quantitative estimate of drug-likeness (QED) is 0.463. The van der Waals surface area contributed by atoms with Gasteiger partial charge in [0.2, 0.25) is 0 Å². The number of aliphatic hydroxyl groups excluding tert-OH is 1. The maximum absolute atomic E-state index is 12.3. The second-order valence-corrected chi connectivity index (χ2v) is 7.37. The van der Waals surface area contributed by atoms with E-state index in [1.54, 1.807) is 11.6 Å². The van der Waals surface area contributed by atoms with Gasteiger partial charge in [-0.2, -0.15) is 0 Å². The Bertz CT molecular complexity index is 1010. The number of nitrogens with zero attached hydrogens (tertiary/aromatic N) is 4. The van der Waals surface area contributed by atoms with Crippen molar-refractivity contribution < 1.29 is 19.4 Å². The fourth-order valence-corrected chi connectivity index (χ4v) is 3.72. The van der Waals surface area contributed by atoms with Crippen LogP contribution in [0.1, 0.15) is 66.6 Å². The van der Waals surface area contributed by atoms with Crippen LogP contribution < -0.4 is 11.2 Å². The average molecular weight is 421 g/mol. The number of nitrogens with one attached hydrogen (secondary N) is 1. The van der Waals surface area contributed by atoms with Crippen molar-refractivity contribution in [3.05, 3.63) is 44.0 Å². The van der Waals surface area contributed by atoms with Crippen LogP contribution in [0.15, 0.2) is 15.8 Å². The summed E-state index contributed by atoms with van der Waals surface area (Å²) in [7, 11) is 1.29. The van der Waals surface area contributed by atoms with E-state index < -0.39 is 35.6 Å². The lowest BCUT2D eigenvalue weighted by atomic mass is 10.1. The predicted molar refractivity (Wildman–Crippen MR) is 105 cm³/mol. The van der Waals surface area contributed by atoms with E-state index in [2.05, 4.69) is 22.2 Å². The lowest BCUT2D eigenvalue weighted by Gasteiger charge is -2.18. The van der Waals surface area contributed by atoms with Crippen LogP contribution in [-0.2, 0) is 15.9 Å².